The highest BCUT2D eigenvalue weighted by Gasteiger charge is 2.00. The van der Waals surface area contributed by atoms with Gasteiger partial charge < -0.3 is 10.3 Å². The Hall–Kier alpha value is -1.77. The zero-order chi connectivity index (χ0) is 12.3. The number of carbonyl (C=O) groups is 1. The molecule has 1 aromatic carbocycles. The molecule has 3 nitrogen and oxygen atoms in total. The molecule has 2 N–H and O–H groups in total. The topological polar surface area (TPSA) is 44.9 Å². The Morgan fingerprint density at radius 3 is 2.94 bits per heavy atom. The predicted molar refractivity (Wildman–Crippen MR) is 70.0 cm³/mol. The molecule has 0 unspecified atom stereocenters. The standard InChI is InChI=1S/C14H18N2O/c1-3-14(17)15-7-6-11-4-5-13-12(9-11)8-10(2)16-13/h4-5,8-9,16H,3,6-7H2,1-2H3,(H,15,17). The third kappa shape index (κ3) is 2.87. The minimum Gasteiger partial charge on any atom is -0.359 e. The Bertz CT molecular complexity index is 528. The van der Waals surface area contributed by atoms with Crippen molar-refractivity contribution in [3.05, 3.63) is 35.5 Å². The van der Waals surface area contributed by atoms with Crippen LogP contribution < -0.4 is 5.32 Å². The summed E-state index contributed by atoms with van der Waals surface area (Å²) < 4.78 is 0. The van der Waals surface area contributed by atoms with Gasteiger partial charge in [0.1, 0.15) is 0 Å². The normalized spacial score (nSPS) is 10.7. The second-order valence-electron chi connectivity index (χ2n) is 4.33. The summed E-state index contributed by atoms with van der Waals surface area (Å²) in [5, 5.41) is 4.13. The van der Waals surface area contributed by atoms with E-state index in [0.29, 0.717) is 13.0 Å². The van der Waals surface area contributed by atoms with Crippen LogP contribution in [0.1, 0.15) is 24.6 Å². The summed E-state index contributed by atoms with van der Waals surface area (Å²) in [6, 6.07) is 8.52. The first-order valence-electron chi connectivity index (χ1n) is 6.04. The van der Waals surface area contributed by atoms with Gasteiger partial charge in [-0.15, -0.1) is 0 Å². The van der Waals surface area contributed by atoms with Crippen molar-refractivity contribution in [2.24, 2.45) is 0 Å². The summed E-state index contributed by atoms with van der Waals surface area (Å²) in [6.45, 7) is 4.63. The lowest BCUT2D eigenvalue weighted by Crippen LogP contribution is -2.24. The van der Waals surface area contributed by atoms with Crippen LogP contribution in [-0.2, 0) is 11.2 Å². The quantitative estimate of drug-likeness (QED) is 0.833. The molecule has 0 saturated heterocycles. The molecule has 1 amide bonds. The van der Waals surface area contributed by atoms with E-state index in [9.17, 15) is 4.79 Å². The molecule has 0 aliphatic heterocycles. The summed E-state index contributed by atoms with van der Waals surface area (Å²) in [5.74, 6) is 0.114. The van der Waals surface area contributed by atoms with Gasteiger partial charge in [-0.3, -0.25) is 4.79 Å². The third-order valence-corrected chi connectivity index (χ3v) is 2.88. The average molecular weight is 230 g/mol. The zero-order valence-electron chi connectivity index (χ0n) is 10.3. The molecule has 0 bridgehead atoms. The van der Waals surface area contributed by atoms with E-state index in [1.807, 2.05) is 6.92 Å². The SMILES string of the molecule is CCC(=O)NCCc1ccc2[nH]c(C)cc2c1. The van der Waals surface area contributed by atoms with Gasteiger partial charge in [0, 0.05) is 24.2 Å². The van der Waals surface area contributed by atoms with E-state index in [-0.39, 0.29) is 5.91 Å². The van der Waals surface area contributed by atoms with Crippen LogP contribution in [0, 0.1) is 6.92 Å². The Labute approximate surface area is 101 Å². The highest BCUT2D eigenvalue weighted by molar-refractivity contribution is 5.81. The van der Waals surface area contributed by atoms with Crippen LogP contribution >= 0.6 is 0 Å². The molecule has 0 aliphatic rings. The van der Waals surface area contributed by atoms with Crippen molar-refractivity contribution in [1.29, 1.82) is 0 Å². The summed E-state index contributed by atoms with van der Waals surface area (Å²) in [5.41, 5.74) is 3.60. The number of carbonyl (C=O) groups excluding carboxylic acids is 1. The maximum Gasteiger partial charge on any atom is 0.219 e. The predicted octanol–water partition coefficient (Wildman–Crippen LogP) is 2.55. The van der Waals surface area contributed by atoms with E-state index in [2.05, 4.69) is 41.5 Å². The second kappa shape index (κ2) is 5.04. The van der Waals surface area contributed by atoms with Gasteiger partial charge in [0.05, 0.1) is 0 Å². The van der Waals surface area contributed by atoms with Crippen LogP contribution in [0.3, 0.4) is 0 Å². The van der Waals surface area contributed by atoms with Crippen molar-refractivity contribution >= 4 is 16.8 Å². The van der Waals surface area contributed by atoms with Crippen LogP contribution in [0.15, 0.2) is 24.3 Å². The fourth-order valence-corrected chi connectivity index (χ4v) is 1.95. The Morgan fingerprint density at radius 1 is 1.35 bits per heavy atom. The Kier molecular flexibility index (Phi) is 3.47. The molecule has 0 fully saturated rings. The number of H-pyrrole nitrogens is 1. The molecule has 2 rings (SSSR count). The van der Waals surface area contributed by atoms with E-state index in [1.165, 1.54) is 22.2 Å². The number of fused-ring (bicyclic) bond motifs is 1. The largest absolute Gasteiger partial charge is 0.359 e. The molecule has 0 radical (unpaired) electrons. The van der Waals surface area contributed by atoms with E-state index in [1.54, 1.807) is 0 Å². The molecule has 3 heteroatoms. The van der Waals surface area contributed by atoms with Crippen molar-refractivity contribution in [3.8, 4) is 0 Å². The first-order valence-corrected chi connectivity index (χ1v) is 6.04. The van der Waals surface area contributed by atoms with Crippen molar-refractivity contribution in [2.75, 3.05) is 6.54 Å². The minimum absolute atomic E-state index is 0.114. The number of nitrogens with one attached hydrogen (secondary N) is 2. The smallest absolute Gasteiger partial charge is 0.219 e. The van der Waals surface area contributed by atoms with Crippen LogP contribution in [-0.4, -0.2) is 17.4 Å². The molecular weight excluding hydrogens is 212 g/mol. The zero-order valence-corrected chi connectivity index (χ0v) is 10.3. The van der Waals surface area contributed by atoms with Crippen LogP contribution in [0.5, 0.6) is 0 Å². The minimum atomic E-state index is 0.114. The van der Waals surface area contributed by atoms with Crippen molar-refractivity contribution < 1.29 is 4.79 Å². The molecule has 1 aromatic heterocycles. The molecule has 0 saturated carbocycles. The second-order valence-corrected chi connectivity index (χ2v) is 4.33. The van der Waals surface area contributed by atoms with Crippen molar-refractivity contribution in [3.63, 3.8) is 0 Å². The van der Waals surface area contributed by atoms with E-state index >= 15 is 0 Å². The molecule has 90 valence electrons. The highest BCUT2D eigenvalue weighted by Crippen LogP contribution is 2.16. The van der Waals surface area contributed by atoms with E-state index < -0.39 is 0 Å². The summed E-state index contributed by atoms with van der Waals surface area (Å²) >= 11 is 0. The number of aromatic amines is 1. The van der Waals surface area contributed by atoms with Crippen LogP contribution in [0.25, 0.3) is 10.9 Å². The highest BCUT2D eigenvalue weighted by atomic mass is 16.1. The number of benzene rings is 1. The van der Waals surface area contributed by atoms with Crippen LogP contribution in [0.4, 0.5) is 0 Å². The van der Waals surface area contributed by atoms with E-state index in [0.717, 1.165) is 6.42 Å². The summed E-state index contributed by atoms with van der Waals surface area (Å²) in [4.78, 5) is 14.4. The number of aryl methyl sites for hydroxylation is 1. The number of amides is 1. The van der Waals surface area contributed by atoms with Gasteiger partial charge in [0.2, 0.25) is 5.91 Å². The molecule has 2 aromatic rings. The number of hydrogen-bond acceptors (Lipinski definition) is 1. The number of rotatable bonds is 4. The van der Waals surface area contributed by atoms with Gasteiger partial charge in [0.25, 0.3) is 0 Å². The maximum atomic E-state index is 11.1. The van der Waals surface area contributed by atoms with Gasteiger partial charge in [-0.25, -0.2) is 0 Å². The van der Waals surface area contributed by atoms with Gasteiger partial charge in [-0.05, 0) is 42.5 Å². The first-order chi connectivity index (χ1) is 8.19. The van der Waals surface area contributed by atoms with E-state index in [4.69, 9.17) is 0 Å². The lowest BCUT2D eigenvalue weighted by molar-refractivity contribution is -0.120. The number of aromatic nitrogens is 1. The molecule has 1 heterocycles. The lowest BCUT2D eigenvalue weighted by Gasteiger charge is -2.03. The number of hydrogen-bond donors (Lipinski definition) is 2. The monoisotopic (exact) mass is 230 g/mol. The molecular formula is C14H18N2O. The first kappa shape index (κ1) is 11.7. The van der Waals surface area contributed by atoms with Gasteiger partial charge >= 0.3 is 0 Å². The van der Waals surface area contributed by atoms with Gasteiger partial charge in [0.15, 0.2) is 0 Å². The third-order valence-electron chi connectivity index (χ3n) is 2.88. The summed E-state index contributed by atoms with van der Waals surface area (Å²) in [6.07, 6.45) is 1.43. The van der Waals surface area contributed by atoms with Gasteiger partial charge in [-0.1, -0.05) is 13.0 Å². The van der Waals surface area contributed by atoms with Crippen LogP contribution in [0.2, 0.25) is 0 Å². The Morgan fingerprint density at radius 2 is 2.18 bits per heavy atom. The average Bonchev–Trinajstić information content (AvgIpc) is 2.68. The molecule has 0 aliphatic carbocycles. The van der Waals surface area contributed by atoms with Crippen molar-refractivity contribution in [2.45, 2.75) is 26.7 Å². The fourth-order valence-electron chi connectivity index (χ4n) is 1.95. The van der Waals surface area contributed by atoms with Crippen molar-refractivity contribution in [1.82, 2.24) is 10.3 Å². The summed E-state index contributed by atoms with van der Waals surface area (Å²) in [7, 11) is 0. The Balaban J connectivity index is 2.01. The molecule has 0 atom stereocenters. The van der Waals surface area contributed by atoms with Gasteiger partial charge in [-0.2, -0.15) is 0 Å². The maximum absolute atomic E-state index is 11.1. The molecule has 17 heavy (non-hydrogen) atoms. The molecule has 0 spiro atoms. The lowest BCUT2D eigenvalue weighted by atomic mass is 10.1. The fraction of sp³-hybridized carbons (Fsp3) is 0.357.